The van der Waals surface area contributed by atoms with E-state index >= 15 is 0 Å². The van der Waals surface area contributed by atoms with Crippen molar-refractivity contribution in [1.29, 1.82) is 0 Å². The molecule has 2 rings (SSSR count). The summed E-state index contributed by atoms with van der Waals surface area (Å²) in [6.07, 6.45) is 0. The van der Waals surface area contributed by atoms with Crippen molar-refractivity contribution >= 4 is 0 Å². The molecule has 18 heavy (non-hydrogen) atoms. The molecule has 0 bridgehead atoms. The summed E-state index contributed by atoms with van der Waals surface area (Å²) >= 11 is 0. The van der Waals surface area contributed by atoms with E-state index in [-0.39, 0.29) is 0 Å². The Morgan fingerprint density at radius 1 is 0.722 bits per heavy atom. The summed E-state index contributed by atoms with van der Waals surface area (Å²) in [5.74, 6) is 0. The quantitative estimate of drug-likeness (QED) is 0.796. The van der Waals surface area contributed by atoms with Gasteiger partial charge >= 0.3 is 0 Å². The van der Waals surface area contributed by atoms with Crippen molar-refractivity contribution in [2.75, 3.05) is 14.2 Å². The zero-order valence-electron chi connectivity index (χ0n) is 10.8. The van der Waals surface area contributed by atoms with Crippen LogP contribution in [-0.2, 0) is 22.7 Å². The van der Waals surface area contributed by atoms with Crippen molar-refractivity contribution in [2.45, 2.75) is 13.2 Å². The molecule has 0 N–H and O–H groups in total. The second-order valence-electron chi connectivity index (χ2n) is 4.22. The molecule has 0 saturated carbocycles. The Morgan fingerprint density at radius 2 is 1.39 bits per heavy atom. The molecule has 0 aliphatic carbocycles. The van der Waals surface area contributed by atoms with Crippen molar-refractivity contribution < 1.29 is 9.47 Å². The van der Waals surface area contributed by atoms with Crippen LogP contribution in [0.15, 0.2) is 48.5 Å². The van der Waals surface area contributed by atoms with Gasteiger partial charge < -0.3 is 9.47 Å². The summed E-state index contributed by atoms with van der Waals surface area (Å²) in [6, 6.07) is 16.8. The SMILES string of the molecule is COCc1ccc(-c2ccccc2)cc1COC. The van der Waals surface area contributed by atoms with Gasteiger partial charge in [0.15, 0.2) is 0 Å². The monoisotopic (exact) mass is 242 g/mol. The lowest BCUT2D eigenvalue weighted by Crippen LogP contribution is -1.98. The molecule has 0 atom stereocenters. The van der Waals surface area contributed by atoms with Crippen molar-refractivity contribution in [2.24, 2.45) is 0 Å². The van der Waals surface area contributed by atoms with Gasteiger partial charge in [-0.1, -0.05) is 42.5 Å². The van der Waals surface area contributed by atoms with Crippen molar-refractivity contribution in [3.8, 4) is 11.1 Å². The average Bonchev–Trinajstić information content (AvgIpc) is 2.42. The van der Waals surface area contributed by atoms with E-state index in [4.69, 9.17) is 9.47 Å². The molecule has 2 aromatic rings. The molecule has 94 valence electrons. The molecule has 0 fully saturated rings. The molecule has 2 nitrogen and oxygen atoms in total. The summed E-state index contributed by atoms with van der Waals surface area (Å²) in [4.78, 5) is 0. The minimum absolute atomic E-state index is 0.610. The van der Waals surface area contributed by atoms with Crippen LogP contribution in [0.25, 0.3) is 11.1 Å². The van der Waals surface area contributed by atoms with Crippen molar-refractivity contribution in [3.63, 3.8) is 0 Å². The van der Waals surface area contributed by atoms with Crippen LogP contribution >= 0.6 is 0 Å². The standard InChI is InChI=1S/C16H18O2/c1-17-11-15-9-8-14(10-16(15)12-18-2)13-6-4-3-5-7-13/h3-10H,11-12H2,1-2H3. The maximum Gasteiger partial charge on any atom is 0.0716 e. The van der Waals surface area contributed by atoms with Crippen LogP contribution in [0.2, 0.25) is 0 Å². The predicted octanol–water partition coefficient (Wildman–Crippen LogP) is 3.65. The lowest BCUT2D eigenvalue weighted by atomic mass is 10.00. The van der Waals surface area contributed by atoms with Crippen LogP contribution in [-0.4, -0.2) is 14.2 Å². The molecule has 0 spiro atoms. The molecule has 0 saturated heterocycles. The minimum atomic E-state index is 0.610. The van der Waals surface area contributed by atoms with Crippen LogP contribution in [0.3, 0.4) is 0 Å². The Kier molecular flexibility index (Phi) is 4.51. The van der Waals surface area contributed by atoms with E-state index in [1.807, 2.05) is 18.2 Å². The van der Waals surface area contributed by atoms with E-state index < -0.39 is 0 Å². The fourth-order valence-corrected chi connectivity index (χ4v) is 2.02. The first-order valence-electron chi connectivity index (χ1n) is 6.00. The number of rotatable bonds is 5. The second-order valence-corrected chi connectivity index (χ2v) is 4.22. The fourth-order valence-electron chi connectivity index (χ4n) is 2.02. The van der Waals surface area contributed by atoms with Gasteiger partial charge in [0.25, 0.3) is 0 Å². The van der Waals surface area contributed by atoms with Gasteiger partial charge in [-0.15, -0.1) is 0 Å². The summed E-state index contributed by atoms with van der Waals surface area (Å²) in [5, 5.41) is 0. The van der Waals surface area contributed by atoms with Crippen molar-refractivity contribution in [1.82, 2.24) is 0 Å². The third-order valence-corrected chi connectivity index (χ3v) is 2.91. The molecule has 0 aliphatic rings. The molecule has 0 amide bonds. The summed E-state index contributed by atoms with van der Waals surface area (Å²) in [6.45, 7) is 1.23. The molecule has 0 aromatic heterocycles. The Balaban J connectivity index is 2.36. The molecule has 2 heteroatoms. The van der Waals surface area contributed by atoms with Gasteiger partial charge in [0, 0.05) is 14.2 Å². The average molecular weight is 242 g/mol. The fraction of sp³-hybridized carbons (Fsp3) is 0.250. The van der Waals surface area contributed by atoms with Gasteiger partial charge in [-0.25, -0.2) is 0 Å². The van der Waals surface area contributed by atoms with Gasteiger partial charge in [0.1, 0.15) is 0 Å². The van der Waals surface area contributed by atoms with Crippen LogP contribution in [0, 0.1) is 0 Å². The minimum Gasteiger partial charge on any atom is -0.380 e. The Labute approximate surface area is 108 Å². The van der Waals surface area contributed by atoms with Gasteiger partial charge in [-0.3, -0.25) is 0 Å². The normalized spacial score (nSPS) is 10.6. The smallest absolute Gasteiger partial charge is 0.0716 e. The zero-order chi connectivity index (χ0) is 12.8. The van der Waals surface area contributed by atoms with E-state index in [2.05, 4.69) is 30.3 Å². The highest BCUT2D eigenvalue weighted by Gasteiger charge is 2.05. The largest absolute Gasteiger partial charge is 0.380 e. The van der Waals surface area contributed by atoms with E-state index in [1.165, 1.54) is 22.3 Å². The maximum absolute atomic E-state index is 5.25. The summed E-state index contributed by atoms with van der Waals surface area (Å²) in [7, 11) is 3.42. The van der Waals surface area contributed by atoms with Gasteiger partial charge in [0.2, 0.25) is 0 Å². The predicted molar refractivity (Wildman–Crippen MR) is 73.3 cm³/mol. The summed E-state index contributed by atoms with van der Waals surface area (Å²) in [5.41, 5.74) is 4.79. The molecule has 0 heterocycles. The molecule has 2 aromatic carbocycles. The number of hydrogen-bond acceptors (Lipinski definition) is 2. The Bertz CT molecular complexity index is 492. The van der Waals surface area contributed by atoms with E-state index in [0.29, 0.717) is 13.2 Å². The number of ether oxygens (including phenoxy) is 2. The highest BCUT2D eigenvalue weighted by molar-refractivity contribution is 5.64. The van der Waals surface area contributed by atoms with Gasteiger partial charge in [-0.2, -0.15) is 0 Å². The van der Waals surface area contributed by atoms with E-state index in [1.54, 1.807) is 14.2 Å². The number of benzene rings is 2. The summed E-state index contributed by atoms with van der Waals surface area (Å²) < 4.78 is 10.5. The van der Waals surface area contributed by atoms with Crippen LogP contribution in [0.1, 0.15) is 11.1 Å². The highest BCUT2D eigenvalue weighted by Crippen LogP contribution is 2.23. The van der Waals surface area contributed by atoms with Crippen LogP contribution in [0.4, 0.5) is 0 Å². The van der Waals surface area contributed by atoms with E-state index in [0.717, 1.165) is 0 Å². The topological polar surface area (TPSA) is 18.5 Å². The first kappa shape index (κ1) is 12.8. The maximum atomic E-state index is 5.25. The molecular weight excluding hydrogens is 224 g/mol. The lowest BCUT2D eigenvalue weighted by Gasteiger charge is -2.11. The first-order valence-corrected chi connectivity index (χ1v) is 6.00. The number of methoxy groups -OCH3 is 2. The highest BCUT2D eigenvalue weighted by atomic mass is 16.5. The van der Waals surface area contributed by atoms with Crippen LogP contribution in [0.5, 0.6) is 0 Å². The van der Waals surface area contributed by atoms with Crippen molar-refractivity contribution in [3.05, 3.63) is 59.7 Å². The molecule has 0 unspecified atom stereocenters. The van der Waals surface area contributed by atoms with E-state index in [9.17, 15) is 0 Å². The second kappa shape index (κ2) is 6.34. The Hall–Kier alpha value is -1.64. The van der Waals surface area contributed by atoms with Gasteiger partial charge in [0.05, 0.1) is 13.2 Å². The van der Waals surface area contributed by atoms with Gasteiger partial charge in [-0.05, 0) is 28.3 Å². The zero-order valence-corrected chi connectivity index (χ0v) is 10.8. The third kappa shape index (κ3) is 2.97. The third-order valence-electron chi connectivity index (χ3n) is 2.91. The first-order chi connectivity index (χ1) is 8.85. The molecule has 0 radical (unpaired) electrons. The lowest BCUT2D eigenvalue weighted by molar-refractivity contribution is 0.168. The Morgan fingerprint density at radius 3 is 2.06 bits per heavy atom. The molecular formula is C16H18O2. The molecule has 0 aliphatic heterocycles. The number of hydrogen-bond donors (Lipinski definition) is 0. The van der Waals surface area contributed by atoms with Crippen LogP contribution < -0.4 is 0 Å².